The molecule has 1 aromatic carbocycles. The Morgan fingerprint density at radius 2 is 2.20 bits per heavy atom. The number of hydrogen-bond donors (Lipinski definition) is 1. The molecule has 0 amide bonds. The SMILES string of the molecule is O=c1c(Cl)c(NCCC2=CCOCC2)cnn1-c1ccc(F)cc1F. The molecule has 2 aromatic rings. The number of hydrogen-bond acceptors (Lipinski definition) is 4. The number of anilines is 1. The topological polar surface area (TPSA) is 56.1 Å². The summed E-state index contributed by atoms with van der Waals surface area (Å²) in [6.45, 7) is 1.92. The van der Waals surface area contributed by atoms with Crippen molar-refractivity contribution in [1.29, 1.82) is 0 Å². The first kappa shape index (κ1) is 17.6. The highest BCUT2D eigenvalue weighted by atomic mass is 35.5. The van der Waals surface area contributed by atoms with Crippen LogP contribution in [0.15, 0.2) is 40.8 Å². The lowest BCUT2D eigenvalue weighted by molar-refractivity contribution is 0.153. The molecule has 25 heavy (non-hydrogen) atoms. The van der Waals surface area contributed by atoms with Crippen LogP contribution in [0.25, 0.3) is 5.69 Å². The van der Waals surface area contributed by atoms with Gasteiger partial charge in [-0.05, 0) is 25.0 Å². The van der Waals surface area contributed by atoms with E-state index in [4.69, 9.17) is 16.3 Å². The summed E-state index contributed by atoms with van der Waals surface area (Å²) in [7, 11) is 0. The summed E-state index contributed by atoms with van der Waals surface area (Å²) in [5.41, 5.74) is 0.817. The quantitative estimate of drug-likeness (QED) is 0.824. The Kier molecular flexibility index (Phi) is 5.45. The van der Waals surface area contributed by atoms with Gasteiger partial charge in [0.25, 0.3) is 5.56 Å². The van der Waals surface area contributed by atoms with Gasteiger partial charge in [-0.2, -0.15) is 9.78 Å². The molecule has 5 nitrogen and oxygen atoms in total. The maximum absolute atomic E-state index is 13.8. The average molecular weight is 368 g/mol. The van der Waals surface area contributed by atoms with Crippen LogP contribution in [-0.4, -0.2) is 29.5 Å². The molecule has 0 bridgehead atoms. The second kappa shape index (κ2) is 7.76. The van der Waals surface area contributed by atoms with Crippen LogP contribution in [-0.2, 0) is 4.74 Å². The molecule has 0 fully saturated rings. The highest BCUT2D eigenvalue weighted by Gasteiger charge is 2.14. The first-order valence-electron chi connectivity index (χ1n) is 7.79. The molecule has 1 aliphatic rings. The predicted molar refractivity (Wildman–Crippen MR) is 91.4 cm³/mol. The maximum atomic E-state index is 13.8. The van der Waals surface area contributed by atoms with Gasteiger partial charge in [0.2, 0.25) is 0 Å². The summed E-state index contributed by atoms with van der Waals surface area (Å²) in [4.78, 5) is 12.3. The first-order valence-corrected chi connectivity index (χ1v) is 8.17. The van der Waals surface area contributed by atoms with Crippen molar-refractivity contribution in [3.05, 3.63) is 63.1 Å². The predicted octanol–water partition coefficient (Wildman–Crippen LogP) is 3.31. The van der Waals surface area contributed by atoms with E-state index >= 15 is 0 Å². The van der Waals surface area contributed by atoms with Crippen molar-refractivity contribution < 1.29 is 13.5 Å². The average Bonchev–Trinajstić information content (AvgIpc) is 2.60. The third kappa shape index (κ3) is 4.05. The van der Waals surface area contributed by atoms with Gasteiger partial charge in [-0.3, -0.25) is 4.79 Å². The summed E-state index contributed by atoms with van der Waals surface area (Å²) in [6, 6.07) is 2.87. The molecule has 2 heterocycles. The fourth-order valence-electron chi connectivity index (χ4n) is 2.53. The van der Waals surface area contributed by atoms with Gasteiger partial charge in [-0.15, -0.1) is 0 Å². The number of rotatable bonds is 5. The van der Waals surface area contributed by atoms with E-state index in [-0.39, 0.29) is 10.7 Å². The first-order chi connectivity index (χ1) is 12.1. The molecule has 0 unspecified atom stereocenters. The number of nitrogens with one attached hydrogen (secondary N) is 1. The minimum Gasteiger partial charge on any atom is -0.382 e. The van der Waals surface area contributed by atoms with E-state index in [1.807, 2.05) is 6.08 Å². The second-order valence-corrected chi connectivity index (χ2v) is 5.93. The van der Waals surface area contributed by atoms with E-state index in [9.17, 15) is 13.6 Å². The van der Waals surface area contributed by atoms with Gasteiger partial charge in [0, 0.05) is 12.6 Å². The van der Waals surface area contributed by atoms with E-state index < -0.39 is 17.2 Å². The number of halogens is 3. The molecular weight excluding hydrogens is 352 g/mol. The second-order valence-electron chi connectivity index (χ2n) is 5.55. The minimum atomic E-state index is -0.891. The van der Waals surface area contributed by atoms with E-state index in [1.54, 1.807) is 0 Å². The fourth-order valence-corrected chi connectivity index (χ4v) is 2.73. The lowest BCUT2D eigenvalue weighted by atomic mass is 10.1. The van der Waals surface area contributed by atoms with Crippen molar-refractivity contribution in [1.82, 2.24) is 9.78 Å². The van der Waals surface area contributed by atoms with Crippen molar-refractivity contribution in [2.75, 3.05) is 25.1 Å². The van der Waals surface area contributed by atoms with Crippen molar-refractivity contribution >= 4 is 17.3 Å². The van der Waals surface area contributed by atoms with Gasteiger partial charge in [0.15, 0.2) is 5.82 Å². The molecule has 0 radical (unpaired) electrons. The van der Waals surface area contributed by atoms with E-state index in [2.05, 4.69) is 10.4 Å². The summed E-state index contributed by atoms with van der Waals surface area (Å²) in [5, 5.41) is 6.89. The molecule has 1 aliphatic heterocycles. The van der Waals surface area contributed by atoms with Crippen LogP contribution in [0.1, 0.15) is 12.8 Å². The summed E-state index contributed by atoms with van der Waals surface area (Å²) in [5.74, 6) is -1.63. The molecule has 1 aromatic heterocycles. The lowest BCUT2D eigenvalue weighted by Crippen LogP contribution is -2.24. The fraction of sp³-hybridized carbons (Fsp3) is 0.294. The van der Waals surface area contributed by atoms with Crippen LogP contribution in [0.2, 0.25) is 5.02 Å². The van der Waals surface area contributed by atoms with Gasteiger partial charge < -0.3 is 10.1 Å². The van der Waals surface area contributed by atoms with Gasteiger partial charge in [0.05, 0.1) is 25.1 Å². The molecular formula is C17H16ClF2N3O2. The monoisotopic (exact) mass is 367 g/mol. The molecule has 132 valence electrons. The zero-order valence-electron chi connectivity index (χ0n) is 13.3. The maximum Gasteiger partial charge on any atom is 0.292 e. The molecule has 0 saturated carbocycles. The number of ether oxygens (including phenoxy) is 1. The molecule has 8 heteroatoms. The van der Waals surface area contributed by atoms with E-state index in [0.29, 0.717) is 31.5 Å². The Hall–Kier alpha value is -2.25. The van der Waals surface area contributed by atoms with Crippen LogP contribution in [0, 0.1) is 11.6 Å². The lowest BCUT2D eigenvalue weighted by Gasteiger charge is -2.15. The van der Waals surface area contributed by atoms with Crippen LogP contribution >= 0.6 is 11.6 Å². The highest BCUT2D eigenvalue weighted by molar-refractivity contribution is 6.32. The van der Waals surface area contributed by atoms with Crippen molar-refractivity contribution in [2.24, 2.45) is 0 Å². The van der Waals surface area contributed by atoms with Crippen molar-refractivity contribution in [3.8, 4) is 5.69 Å². The normalized spacial score (nSPS) is 14.3. The minimum absolute atomic E-state index is 0.0975. The largest absolute Gasteiger partial charge is 0.382 e. The zero-order valence-corrected chi connectivity index (χ0v) is 14.0. The van der Waals surface area contributed by atoms with Crippen LogP contribution in [0.4, 0.5) is 14.5 Å². The molecule has 3 rings (SSSR count). The molecule has 0 spiro atoms. The highest BCUT2D eigenvalue weighted by Crippen LogP contribution is 2.19. The molecule has 1 N–H and O–H groups in total. The van der Waals surface area contributed by atoms with Crippen LogP contribution < -0.4 is 10.9 Å². The Morgan fingerprint density at radius 3 is 2.92 bits per heavy atom. The van der Waals surface area contributed by atoms with Crippen molar-refractivity contribution in [2.45, 2.75) is 12.8 Å². The van der Waals surface area contributed by atoms with Crippen LogP contribution in [0.5, 0.6) is 0 Å². The number of nitrogens with zero attached hydrogens (tertiary/aromatic N) is 2. The summed E-state index contributed by atoms with van der Waals surface area (Å²) >= 11 is 6.09. The van der Waals surface area contributed by atoms with E-state index in [0.717, 1.165) is 29.7 Å². The summed E-state index contributed by atoms with van der Waals surface area (Å²) < 4.78 is 32.9. The van der Waals surface area contributed by atoms with Crippen LogP contribution in [0.3, 0.4) is 0 Å². The Bertz CT molecular complexity index is 867. The standard InChI is InChI=1S/C17H16ClF2N3O2/c18-16-14(21-6-3-11-4-7-25-8-5-11)10-22-23(17(16)24)15-2-1-12(19)9-13(15)20/h1-2,4,9-10,21H,3,5-8H2. The zero-order chi connectivity index (χ0) is 17.8. The van der Waals surface area contributed by atoms with Gasteiger partial charge in [-0.25, -0.2) is 8.78 Å². The summed E-state index contributed by atoms with van der Waals surface area (Å²) in [6.07, 6.45) is 5.08. The van der Waals surface area contributed by atoms with Gasteiger partial charge in [0.1, 0.15) is 16.5 Å². The van der Waals surface area contributed by atoms with Gasteiger partial charge >= 0.3 is 0 Å². The van der Waals surface area contributed by atoms with E-state index in [1.165, 1.54) is 11.8 Å². The van der Waals surface area contributed by atoms with Gasteiger partial charge in [-0.1, -0.05) is 23.3 Å². The van der Waals surface area contributed by atoms with Crippen molar-refractivity contribution in [3.63, 3.8) is 0 Å². The molecule has 0 aliphatic carbocycles. The number of aromatic nitrogens is 2. The Morgan fingerprint density at radius 1 is 1.36 bits per heavy atom. The molecule has 0 atom stereocenters. The Labute approximate surface area is 147 Å². The third-order valence-corrected chi connectivity index (χ3v) is 4.24. The third-order valence-electron chi connectivity index (χ3n) is 3.88. The Balaban J connectivity index is 1.76. The smallest absolute Gasteiger partial charge is 0.292 e. The number of benzene rings is 1. The molecule has 0 saturated heterocycles.